The highest BCUT2D eigenvalue weighted by Gasteiger charge is 2.53. The minimum atomic E-state index is -0.353. The van der Waals surface area contributed by atoms with E-state index < -0.39 is 0 Å². The third kappa shape index (κ3) is 7.42. The van der Waals surface area contributed by atoms with Crippen LogP contribution in [-0.4, -0.2) is 4.57 Å². The van der Waals surface area contributed by atoms with Crippen molar-refractivity contribution in [2.24, 2.45) is 0 Å². The predicted octanol–water partition coefficient (Wildman–Crippen LogP) is 22.5. The van der Waals surface area contributed by atoms with E-state index >= 15 is 0 Å². The second kappa shape index (κ2) is 20.2. The standard InChI is InChI=1S/C43H27N.C25H15Br.C19H14/c1-2-13-28(14-3-1)29-25-26-40-34(27-29)32-17-7-11-23-39(32)44(40)41-24-12-22-38-42(41)33-18-6-10-21-37(33)43(38)35-19-8-4-15-30(35)31-16-5-9-20-36(31)43;26-23-15-7-14-22-24(23)18-10-3-6-13-21(18)25(22)19-11-4-1-8-16(19)17-9-2-5-12-20(17)25;1-2-6-14(7-3-1)15-10-11-17-12-16-8-4-5-9-18(16)19(17)13-15/h1-27H;1-15H;1-11,13H,12H2. The van der Waals surface area contributed by atoms with Crippen molar-refractivity contribution < 1.29 is 0 Å². The molecule has 89 heavy (non-hydrogen) atoms. The largest absolute Gasteiger partial charge is 0.309 e. The number of nitrogens with zero attached hydrogens (tertiary/aromatic N) is 1. The topological polar surface area (TPSA) is 4.93 Å². The van der Waals surface area contributed by atoms with Crippen LogP contribution in [0.2, 0.25) is 0 Å². The summed E-state index contributed by atoms with van der Waals surface area (Å²) in [7, 11) is 0. The molecule has 1 heterocycles. The van der Waals surface area contributed by atoms with Crippen LogP contribution >= 0.6 is 15.9 Å². The zero-order valence-corrected chi connectivity index (χ0v) is 50.3. The minimum Gasteiger partial charge on any atom is -0.309 e. The Morgan fingerprint density at radius 3 is 1.21 bits per heavy atom. The summed E-state index contributed by atoms with van der Waals surface area (Å²) >= 11 is 3.83. The number of hydrogen-bond donors (Lipinski definition) is 0. The molecule has 0 aliphatic heterocycles. The molecule has 0 N–H and O–H groups in total. The molecule has 2 heteroatoms. The van der Waals surface area contributed by atoms with Gasteiger partial charge in [-0.3, -0.25) is 0 Å². The molecule has 1 aromatic heterocycles. The van der Waals surface area contributed by atoms with Crippen molar-refractivity contribution in [3.05, 3.63) is 388 Å². The third-order valence-electron chi connectivity index (χ3n) is 19.9. The Balaban J connectivity index is 0.000000111. The fourth-order valence-corrected chi connectivity index (χ4v) is 17.0. The fourth-order valence-electron chi connectivity index (χ4n) is 16.4. The summed E-state index contributed by atoms with van der Waals surface area (Å²) in [5, 5.41) is 2.55. The first-order valence-electron chi connectivity index (χ1n) is 31.0. The Morgan fingerprint density at radius 2 is 0.640 bits per heavy atom. The predicted molar refractivity (Wildman–Crippen MR) is 373 cm³/mol. The molecular weight excluding hydrogens is 1140 g/mol. The summed E-state index contributed by atoms with van der Waals surface area (Å²) in [4.78, 5) is 0. The maximum absolute atomic E-state index is 3.83. The van der Waals surface area contributed by atoms with E-state index in [0.717, 1.165) is 6.42 Å². The molecule has 1 nitrogen and oxygen atoms in total. The molecule has 0 saturated carbocycles. The highest BCUT2D eigenvalue weighted by Crippen LogP contribution is 2.65. The quantitative estimate of drug-likeness (QED) is 0.166. The molecule has 5 aliphatic rings. The second-order valence-corrected chi connectivity index (χ2v) is 25.0. The van der Waals surface area contributed by atoms with Crippen molar-refractivity contribution in [2.75, 3.05) is 0 Å². The molecule has 5 aliphatic carbocycles. The minimum absolute atomic E-state index is 0.219. The number of fused-ring (bicyclic) bond motifs is 26. The zero-order chi connectivity index (χ0) is 58.8. The molecule has 14 aromatic carbocycles. The van der Waals surface area contributed by atoms with E-state index in [1.165, 1.54) is 165 Å². The summed E-state index contributed by atoms with van der Waals surface area (Å²) in [6.45, 7) is 0. The van der Waals surface area contributed by atoms with Gasteiger partial charge in [0.2, 0.25) is 0 Å². The molecule has 2 spiro atoms. The van der Waals surface area contributed by atoms with E-state index in [9.17, 15) is 0 Å². The Labute approximate surface area is 527 Å². The van der Waals surface area contributed by atoms with Gasteiger partial charge in [-0.1, -0.05) is 307 Å². The van der Waals surface area contributed by atoms with Crippen LogP contribution in [0.5, 0.6) is 0 Å². The Kier molecular flexibility index (Phi) is 11.7. The SMILES string of the molecule is Brc1cccc2c1-c1ccccc1C21c2ccccc2-c2ccccc21.c1ccc(-c2ccc3c(c2)-c2ccccc2C3)cc1.c1ccc(-c2ccc3c(c2)c2ccccc2n3-c2cccc3c2-c2ccccc2C32c3ccccc3-c3ccccc32)cc1. The van der Waals surface area contributed by atoms with Gasteiger partial charge in [0.15, 0.2) is 0 Å². The van der Waals surface area contributed by atoms with Crippen LogP contribution in [0, 0.1) is 0 Å². The van der Waals surface area contributed by atoms with Gasteiger partial charge in [-0.25, -0.2) is 0 Å². The smallest absolute Gasteiger partial charge is 0.0726 e. The van der Waals surface area contributed by atoms with Crippen molar-refractivity contribution in [1.29, 1.82) is 0 Å². The van der Waals surface area contributed by atoms with Gasteiger partial charge in [-0.15, -0.1) is 0 Å². The van der Waals surface area contributed by atoms with E-state index in [-0.39, 0.29) is 10.8 Å². The van der Waals surface area contributed by atoms with E-state index in [2.05, 4.69) is 348 Å². The molecular formula is C87H56BrN. The van der Waals surface area contributed by atoms with Gasteiger partial charge in [0.05, 0.1) is 27.6 Å². The summed E-state index contributed by atoms with van der Waals surface area (Å²) in [6.07, 6.45) is 1.07. The van der Waals surface area contributed by atoms with Crippen LogP contribution in [0.15, 0.2) is 332 Å². The summed E-state index contributed by atoms with van der Waals surface area (Å²) < 4.78 is 3.67. The van der Waals surface area contributed by atoms with Crippen molar-refractivity contribution in [2.45, 2.75) is 17.3 Å². The number of aromatic nitrogens is 1. The van der Waals surface area contributed by atoms with Crippen molar-refractivity contribution in [3.63, 3.8) is 0 Å². The lowest BCUT2D eigenvalue weighted by Crippen LogP contribution is -2.25. The second-order valence-electron chi connectivity index (χ2n) is 24.2. The molecule has 0 saturated heterocycles. The monoisotopic (exact) mass is 1190 g/mol. The van der Waals surface area contributed by atoms with Gasteiger partial charge < -0.3 is 4.57 Å². The first-order valence-corrected chi connectivity index (χ1v) is 31.8. The first kappa shape index (κ1) is 51.6. The van der Waals surface area contributed by atoms with Crippen LogP contribution < -0.4 is 0 Å². The number of rotatable bonds is 3. The Hall–Kier alpha value is -10.6. The molecule has 15 aromatic rings. The van der Waals surface area contributed by atoms with Gasteiger partial charge in [0.25, 0.3) is 0 Å². The molecule has 0 unspecified atom stereocenters. The van der Waals surface area contributed by atoms with E-state index in [1.807, 2.05) is 0 Å². The molecule has 0 amide bonds. The molecule has 0 atom stereocenters. The van der Waals surface area contributed by atoms with Crippen molar-refractivity contribution >= 4 is 37.7 Å². The third-order valence-corrected chi connectivity index (χ3v) is 20.6. The highest BCUT2D eigenvalue weighted by molar-refractivity contribution is 9.10. The summed E-state index contributed by atoms with van der Waals surface area (Å²) in [5.41, 5.74) is 35.6. The highest BCUT2D eigenvalue weighted by atomic mass is 79.9. The van der Waals surface area contributed by atoms with Gasteiger partial charge >= 0.3 is 0 Å². The van der Waals surface area contributed by atoms with E-state index in [1.54, 1.807) is 0 Å². The van der Waals surface area contributed by atoms with Gasteiger partial charge in [0.1, 0.15) is 0 Å². The van der Waals surface area contributed by atoms with Crippen LogP contribution in [0.1, 0.15) is 55.6 Å². The summed E-state index contributed by atoms with van der Waals surface area (Å²) in [5.74, 6) is 0. The van der Waals surface area contributed by atoms with Crippen LogP contribution in [0.4, 0.5) is 0 Å². The normalized spacial score (nSPS) is 13.6. The fraction of sp³-hybridized carbons (Fsp3) is 0.0345. The number of para-hydroxylation sites is 1. The number of benzene rings is 14. The zero-order valence-electron chi connectivity index (χ0n) is 48.7. The van der Waals surface area contributed by atoms with Crippen LogP contribution in [-0.2, 0) is 17.3 Å². The van der Waals surface area contributed by atoms with Crippen LogP contribution in [0.3, 0.4) is 0 Å². The average molecular weight is 1200 g/mol. The molecule has 0 bridgehead atoms. The van der Waals surface area contributed by atoms with Crippen LogP contribution in [0.25, 0.3) is 105 Å². The average Bonchev–Trinajstić information content (AvgIpc) is 1.53. The molecule has 0 fully saturated rings. The van der Waals surface area contributed by atoms with Crippen molar-refractivity contribution in [3.8, 4) is 83.6 Å². The Morgan fingerprint density at radius 1 is 0.247 bits per heavy atom. The summed E-state index contributed by atoms with van der Waals surface area (Å²) in [6, 6.07) is 120. The molecule has 20 rings (SSSR count). The maximum atomic E-state index is 3.83. The van der Waals surface area contributed by atoms with E-state index in [4.69, 9.17) is 0 Å². The lowest BCUT2D eigenvalue weighted by molar-refractivity contribution is 0.793. The number of hydrogen-bond acceptors (Lipinski definition) is 0. The molecule has 416 valence electrons. The van der Waals surface area contributed by atoms with Gasteiger partial charge in [-0.05, 0) is 165 Å². The Bertz CT molecular complexity index is 5280. The van der Waals surface area contributed by atoms with Gasteiger partial charge in [0, 0.05) is 26.4 Å². The van der Waals surface area contributed by atoms with E-state index in [0.29, 0.717) is 0 Å². The lowest BCUT2D eigenvalue weighted by Gasteiger charge is -2.30. The molecule has 0 radical (unpaired) electrons. The van der Waals surface area contributed by atoms with Gasteiger partial charge in [-0.2, -0.15) is 0 Å². The lowest BCUT2D eigenvalue weighted by atomic mass is 9.70. The maximum Gasteiger partial charge on any atom is 0.0726 e. The first-order chi connectivity index (χ1) is 44.1. The number of halogens is 1. The van der Waals surface area contributed by atoms with Crippen molar-refractivity contribution in [1.82, 2.24) is 4.57 Å².